The van der Waals surface area contributed by atoms with E-state index < -0.39 is 0 Å². The number of nitrogens with zero attached hydrogens (tertiary/aromatic N) is 3. The summed E-state index contributed by atoms with van der Waals surface area (Å²) in [4.78, 5) is 6.71. The van der Waals surface area contributed by atoms with Gasteiger partial charge in [0, 0.05) is 39.1 Å². The molecular formula is C13H25N3O. The fourth-order valence-corrected chi connectivity index (χ4v) is 1.93. The summed E-state index contributed by atoms with van der Waals surface area (Å²) in [6, 6.07) is 0. The summed E-state index contributed by atoms with van der Waals surface area (Å²) in [6.07, 6.45) is 4.62. The maximum atomic E-state index is 8.95. The first-order chi connectivity index (χ1) is 7.92. The van der Waals surface area contributed by atoms with E-state index in [1.165, 1.54) is 0 Å². The molecule has 0 amide bonds. The molecule has 17 heavy (non-hydrogen) atoms. The van der Waals surface area contributed by atoms with E-state index in [0.29, 0.717) is 0 Å². The normalized spacial score (nSPS) is 12.4. The van der Waals surface area contributed by atoms with Crippen LogP contribution in [0.25, 0.3) is 0 Å². The van der Waals surface area contributed by atoms with Gasteiger partial charge in [0.05, 0.1) is 6.54 Å². The Kier molecular flexibility index (Phi) is 5.15. The molecule has 1 rings (SSSR count). The predicted molar refractivity (Wildman–Crippen MR) is 69.6 cm³/mol. The van der Waals surface area contributed by atoms with Crippen LogP contribution in [0.3, 0.4) is 0 Å². The molecular weight excluding hydrogens is 214 g/mol. The molecule has 0 fully saturated rings. The van der Waals surface area contributed by atoms with Crippen LogP contribution in [0, 0.1) is 5.41 Å². The van der Waals surface area contributed by atoms with Crippen molar-refractivity contribution in [3.8, 4) is 0 Å². The summed E-state index contributed by atoms with van der Waals surface area (Å²) in [5, 5.41) is 8.95. The standard InChI is InChI=1S/C13H25N3O/c1-13(2,3)11-16(7-5-9-17)10-12-14-6-8-15(12)4/h6,8,17H,5,7,9-11H2,1-4H3. The third-order valence-corrected chi connectivity index (χ3v) is 2.62. The van der Waals surface area contributed by atoms with Gasteiger partial charge in [-0.2, -0.15) is 0 Å². The van der Waals surface area contributed by atoms with Crippen molar-refractivity contribution in [3.63, 3.8) is 0 Å². The lowest BCUT2D eigenvalue weighted by Crippen LogP contribution is -2.34. The van der Waals surface area contributed by atoms with Crippen LogP contribution in [-0.4, -0.2) is 39.3 Å². The second kappa shape index (κ2) is 6.17. The number of imidazole rings is 1. The smallest absolute Gasteiger partial charge is 0.122 e. The van der Waals surface area contributed by atoms with E-state index in [9.17, 15) is 0 Å². The van der Waals surface area contributed by atoms with E-state index in [2.05, 4.69) is 35.2 Å². The zero-order chi connectivity index (χ0) is 12.9. The van der Waals surface area contributed by atoms with E-state index in [4.69, 9.17) is 5.11 Å². The molecule has 0 aliphatic carbocycles. The van der Waals surface area contributed by atoms with Crippen LogP contribution in [0.4, 0.5) is 0 Å². The van der Waals surface area contributed by atoms with Gasteiger partial charge in [-0.25, -0.2) is 4.98 Å². The molecule has 1 aromatic rings. The lowest BCUT2D eigenvalue weighted by Gasteiger charge is -2.29. The number of aliphatic hydroxyl groups is 1. The number of hydrogen-bond donors (Lipinski definition) is 1. The van der Waals surface area contributed by atoms with E-state index in [1.807, 2.05) is 19.4 Å². The molecule has 0 bridgehead atoms. The fraction of sp³-hybridized carbons (Fsp3) is 0.769. The van der Waals surface area contributed by atoms with Crippen molar-refractivity contribution in [2.75, 3.05) is 19.7 Å². The van der Waals surface area contributed by atoms with Gasteiger partial charge in [-0.05, 0) is 11.8 Å². The number of aromatic nitrogens is 2. The number of aryl methyl sites for hydroxylation is 1. The first-order valence-electron chi connectivity index (χ1n) is 6.22. The van der Waals surface area contributed by atoms with E-state index >= 15 is 0 Å². The Bertz CT molecular complexity index is 328. The van der Waals surface area contributed by atoms with Gasteiger partial charge in [0.25, 0.3) is 0 Å². The second-order valence-corrected chi connectivity index (χ2v) is 5.80. The SMILES string of the molecule is Cn1ccnc1CN(CCCO)CC(C)(C)C. The highest BCUT2D eigenvalue weighted by atomic mass is 16.3. The molecule has 0 aliphatic rings. The Morgan fingerprint density at radius 3 is 2.59 bits per heavy atom. The highest BCUT2D eigenvalue weighted by Crippen LogP contribution is 2.16. The Hall–Kier alpha value is -0.870. The molecule has 0 aliphatic heterocycles. The lowest BCUT2D eigenvalue weighted by molar-refractivity contribution is 0.162. The summed E-state index contributed by atoms with van der Waals surface area (Å²) in [5.74, 6) is 1.08. The maximum absolute atomic E-state index is 8.95. The van der Waals surface area contributed by atoms with Gasteiger partial charge < -0.3 is 9.67 Å². The van der Waals surface area contributed by atoms with Crippen LogP contribution in [0.5, 0.6) is 0 Å². The number of rotatable bonds is 6. The Labute approximate surface area is 104 Å². The molecule has 0 aromatic carbocycles. The molecule has 98 valence electrons. The van der Waals surface area contributed by atoms with Crippen molar-refractivity contribution in [1.82, 2.24) is 14.5 Å². The molecule has 0 unspecified atom stereocenters. The highest BCUT2D eigenvalue weighted by molar-refractivity contribution is 4.91. The monoisotopic (exact) mass is 239 g/mol. The van der Waals surface area contributed by atoms with Crippen molar-refractivity contribution in [2.45, 2.75) is 33.7 Å². The molecule has 0 spiro atoms. The van der Waals surface area contributed by atoms with Crippen molar-refractivity contribution in [2.24, 2.45) is 12.5 Å². The van der Waals surface area contributed by atoms with Crippen LogP contribution in [-0.2, 0) is 13.6 Å². The average Bonchev–Trinajstić information content (AvgIpc) is 2.59. The van der Waals surface area contributed by atoms with Crippen molar-refractivity contribution in [1.29, 1.82) is 0 Å². The molecule has 4 nitrogen and oxygen atoms in total. The zero-order valence-corrected chi connectivity index (χ0v) is 11.5. The van der Waals surface area contributed by atoms with Crippen LogP contribution < -0.4 is 0 Å². The van der Waals surface area contributed by atoms with Crippen molar-refractivity contribution in [3.05, 3.63) is 18.2 Å². The highest BCUT2D eigenvalue weighted by Gasteiger charge is 2.17. The largest absolute Gasteiger partial charge is 0.396 e. The third-order valence-electron chi connectivity index (χ3n) is 2.62. The first kappa shape index (κ1) is 14.2. The van der Waals surface area contributed by atoms with Gasteiger partial charge in [0.15, 0.2) is 0 Å². The molecule has 1 aromatic heterocycles. The molecule has 0 saturated carbocycles. The maximum Gasteiger partial charge on any atom is 0.122 e. The van der Waals surface area contributed by atoms with Crippen LogP contribution in [0.15, 0.2) is 12.4 Å². The second-order valence-electron chi connectivity index (χ2n) is 5.80. The van der Waals surface area contributed by atoms with Crippen LogP contribution in [0.2, 0.25) is 0 Å². The first-order valence-corrected chi connectivity index (χ1v) is 6.22. The average molecular weight is 239 g/mol. The van der Waals surface area contributed by atoms with Gasteiger partial charge in [0.2, 0.25) is 0 Å². The summed E-state index contributed by atoms with van der Waals surface area (Å²) in [6.45, 7) is 9.73. The minimum atomic E-state index is 0.251. The molecule has 4 heteroatoms. The lowest BCUT2D eigenvalue weighted by atomic mass is 9.96. The van der Waals surface area contributed by atoms with Crippen LogP contribution in [0.1, 0.15) is 33.0 Å². The van der Waals surface area contributed by atoms with Gasteiger partial charge >= 0.3 is 0 Å². The van der Waals surface area contributed by atoms with E-state index in [0.717, 1.165) is 31.9 Å². The summed E-state index contributed by atoms with van der Waals surface area (Å²) in [5.41, 5.74) is 0.265. The Balaban J connectivity index is 2.60. The summed E-state index contributed by atoms with van der Waals surface area (Å²) < 4.78 is 2.05. The predicted octanol–water partition coefficient (Wildman–Crippen LogP) is 1.65. The molecule has 0 saturated heterocycles. The summed E-state index contributed by atoms with van der Waals surface area (Å²) in [7, 11) is 2.02. The molecule has 0 radical (unpaired) electrons. The quantitative estimate of drug-likeness (QED) is 0.820. The van der Waals surface area contributed by atoms with Crippen LogP contribution >= 0.6 is 0 Å². The molecule has 0 atom stereocenters. The zero-order valence-electron chi connectivity index (χ0n) is 11.5. The number of aliphatic hydroxyl groups excluding tert-OH is 1. The van der Waals surface area contributed by atoms with Crippen molar-refractivity contribution >= 4 is 0 Å². The van der Waals surface area contributed by atoms with Gasteiger partial charge in [0.1, 0.15) is 5.82 Å². The third kappa shape index (κ3) is 5.33. The number of hydrogen-bond acceptors (Lipinski definition) is 3. The topological polar surface area (TPSA) is 41.3 Å². The minimum Gasteiger partial charge on any atom is -0.396 e. The van der Waals surface area contributed by atoms with E-state index in [1.54, 1.807) is 0 Å². The molecule has 1 heterocycles. The van der Waals surface area contributed by atoms with E-state index in [-0.39, 0.29) is 12.0 Å². The fourth-order valence-electron chi connectivity index (χ4n) is 1.93. The minimum absolute atomic E-state index is 0.251. The Morgan fingerprint density at radius 2 is 2.12 bits per heavy atom. The van der Waals surface area contributed by atoms with Gasteiger partial charge in [-0.1, -0.05) is 20.8 Å². The summed E-state index contributed by atoms with van der Waals surface area (Å²) >= 11 is 0. The van der Waals surface area contributed by atoms with Gasteiger partial charge in [-0.15, -0.1) is 0 Å². The molecule has 1 N–H and O–H groups in total. The Morgan fingerprint density at radius 1 is 1.41 bits per heavy atom. The van der Waals surface area contributed by atoms with Crippen molar-refractivity contribution < 1.29 is 5.11 Å². The van der Waals surface area contributed by atoms with Gasteiger partial charge in [-0.3, -0.25) is 4.90 Å².